The second-order valence-electron chi connectivity index (χ2n) is 7.06. The molecule has 0 fully saturated rings. The predicted molar refractivity (Wildman–Crippen MR) is 110 cm³/mol. The van der Waals surface area contributed by atoms with Gasteiger partial charge in [0.25, 0.3) is 5.56 Å². The quantitative estimate of drug-likeness (QED) is 0.644. The Hall–Kier alpha value is -3.01. The summed E-state index contributed by atoms with van der Waals surface area (Å²) in [6.07, 6.45) is 0.716. The van der Waals surface area contributed by atoms with Gasteiger partial charge in [0.1, 0.15) is 11.6 Å². The molecule has 148 valence electrons. The van der Waals surface area contributed by atoms with E-state index in [2.05, 4.69) is 16.7 Å². The van der Waals surface area contributed by atoms with Gasteiger partial charge in [0.2, 0.25) is 0 Å². The van der Waals surface area contributed by atoms with Crippen molar-refractivity contribution in [1.29, 1.82) is 0 Å². The summed E-state index contributed by atoms with van der Waals surface area (Å²) in [5, 5.41) is 0.593. The molecular weight excluding hydrogens is 369 g/mol. The molecule has 0 unspecified atom stereocenters. The Bertz CT molecular complexity index is 1160. The lowest BCUT2D eigenvalue weighted by molar-refractivity contribution is 0.149. The van der Waals surface area contributed by atoms with Crippen molar-refractivity contribution in [3.63, 3.8) is 0 Å². The lowest BCUT2D eigenvalue weighted by Crippen LogP contribution is -2.31. The number of methoxy groups -OCH3 is 1. The smallest absolute Gasteiger partial charge is 0.261 e. The molecule has 0 amide bonds. The number of rotatable bonds is 3. The predicted octanol–water partition coefficient (Wildman–Crippen LogP) is 2.44. The third-order valence-corrected chi connectivity index (χ3v) is 5.11. The van der Waals surface area contributed by atoms with Gasteiger partial charge in [-0.15, -0.1) is 0 Å². The molecule has 6 heteroatoms. The molecule has 0 saturated carbocycles. The molecule has 29 heavy (non-hydrogen) atoms. The van der Waals surface area contributed by atoms with Crippen molar-refractivity contribution >= 4 is 10.9 Å². The average Bonchev–Trinajstić information content (AvgIpc) is 2.93. The number of fused-ring (bicyclic) bond motifs is 2. The second kappa shape index (κ2) is 8.56. The fourth-order valence-corrected chi connectivity index (χ4v) is 3.53. The zero-order valence-electron chi connectivity index (χ0n) is 16.3. The number of aromatic nitrogens is 2. The zero-order chi connectivity index (χ0) is 20.2. The van der Waals surface area contributed by atoms with Crippen LogP contribution >= 0.6 is 0 Å². The molecule has 1 aliphatic heterocycles. The van der Waals surface area contributed by atoms with Gasteiger partial charge >= 0.3 is 0 Å². The van der Waals surface area contributed by atoms with Gasteiger partial charge in [-0.2, -0.15) is 0 Å². The van der Waals surface area contributed by atoms with E-state index in [1.54, 1.807) is 29.9 Å². The van der Waals surface area contributed by atoms with Gasteiger partial charge in [0.15, 0.2) is 0 Å². The Morgan fingerprint density at radius 3 is 2.72 bits per heavy atom. The van der Waals surface area contributed by atoms with E-state index < -0.39 is 0 Å². The fraction of sp³-hybridized carbons (Fsp3) is 0.304. The molecule has 2 aromatic carbocycles. The lowest BCUT2D eigenvalue weighted by atomic mass is 10.1. The van der Waals surface area contributed by atoms with Crippen LogP contribution in [0.4, 0.5) is 4.39 Å². The van der Waals surface area contributed by atoms with Crippen molar-refractivity contribution in [1.82, 2.24) is 14.5 Å². The Kier molecular flexibility index (Phi) is 5.70. The highest BCUT2D eigenvalue weighted by molar-refractivity contribution is 5.79. The highest BCUT2D eigenvalue weighted by Gasteiger charge is 2.17. The number of hydrogen-bond donors (Lipinski definition) is 0. The van der Waals surface area contributed by atoms with Gasteiger partial charge in [0.05, 0.1) is 17.5 Å². The molecule has 1 aliphatic rings. The van der Waals surface area contributed by atoms with Crippen molar-refractivity contribution in [3.8, 4) is 11.8 Å². The van der Waals surface area contributed by atoms with Crippen LogP contribution in [0.1, 0.15) is 17.0 Å². The van der Waals surface area contributed by atoms with E-state index in [-0.39, 0.29) is 11.4 Å². The minimum atomic E-state index is -0.313. The second-order valence-corrected chi connectivity index (χ2v) is 7.06. The average molecular weight is 391 g/mol. The maximum atomic E-state index is 13.3. The number of nitrogens with zero attached hydrogens (tertiary/aromatic N) is 3. The van der Waals surface area contributed by atoms with Gasteiger partial charge in [-0.1, -0.05) is 17.9 Å². The third kappa shape index (κ3) is 4.37. The molecule has 0 atom stereocenters. The van der Waals surface area contributed by atoms with E-state index >= 15 is 0 Å². The Balaban J connectivity index is 1.65. The molecule has 0 bridgehead atoms. The molecule has 0 N–H and O–H groups in total. The van der Waals surface area contributed by atoms with Crippen LogP contribution in [0.5, 0.6) is 0 Å². The Morgan fingerprint density at radius 1 is 1.10 bits per heavy atom. The van der Waals surface area contributed by atoms with Crippen molar-refractivity contribution < 1.29 is 9.13 Å². The largest absolute Gasteiger partial charge is 0.383 e. The fourth-order valence-electron chi connectivity index (χ4n) is 3.53. The Labute approximate surface area is 168 Å². The van der Waals surface area contributed by atoms with Crippen LogP contribution in [-0.4, -0.2) is 47.8 Å². The first-order chi connectivity index (χ1) is 14.1. The standard InChI is InChI=1S/C23H22FN3O2/c1-29-14-13-26-10-9-22-25-21-16-18(6-5-17-3-2-4-19(24)15-17)7-8-20(21)23(28)27(22)12-11-26/h2-4,7-8,15-16H,9-14H2,1H3. The summed E-state index contributed by atoms with van der Waals surface area (Å²) >= 11 is 0. The van der Waals surface area contributed by atoms with Crippen LogP contribution in [0.15, 0.2) is 47.3 Å². The molecule has 0 radical (unpaired) electrons. The van der Waals surface area contributed by atoms with Gasteiger partial charge in [-0.3, -0.25) is 14.3 Å². The van der Waals surface area contributed by atoms with Crippen LogP contribution in [0.3, 0.4) is 0 Å². The van der Waals surface area contributed by atoms with Gasteiger partial charge in [-0.25, -0.2) is 9.37 Å². The molecule has 3 aromatic rings. The summed E-state index contributed by atoms with van der Waals surface area (Å²) in [5.41, 5.74) is 1.99. The maximum absolute atomic E-state index is 13.3. The van der Waals surface area contributed by atoms with Gasteiger partial charge < -0.3 is 4.74 Å². The highest BCUT2D eigenvalue weighted by atomic mass is 19.1. The van der Waals surface area contributed by atoms with Crippen LogP contribution in [0.2, 0.25) is 0 Å². The van der Waals surface area contributed by atoms with Crippen LogP contribution in [0.25, 0.3) is 10.9 Å². The zero-order valence-corrected chi connectivity index (χ0v) is 16.3. The molecule has 0 spiro atoms. The van der Waals surface area contributed by atoms with Crippen LogP contribution in [0, 0.1) is 17.7 Å². The molecule has 4 rings (SSSR count). The molecule has 2 heterocycles. The number of halogens is 1. The van der Waals surface area contributed by atoms with E-state index in [4.69, 9.17) is 9.72 Å². The van der Waals surface area contributed by atoms with Gasteiger partial charge in [-0.05, 0) is 36.4 Å². The van der Waals surface area contributed by atoms with Gasteiger partial charge in [0, 0.05) is 50.8 Å². The summed E-state index contributed by atoms with van der Waals surface area (Å²) in [5.74, 6) is 6.48. The summed E-state index contributed by atoms with van der Waals surface area (Å²) in [6, 6.07) is 11.6. The number of hydrogen-bond acceptors (Lipinski definition) is 4. The molecule has 5 nitrogen and oxygen atoms in total. The summed E-state index contributed by atoms with van der Waals surface area (Å²) < 4.78 is 20.3. The highest BCUT2D eigenvalue weighted by Crippen LogP contribution is 2.14. The SMILES string of the molecule is COCCN1CCc2nc3cc(C#Cc4cccc(F)c4)ccc3c(=O)n2CC1. The van der Waals surface area contributed by atoms with Crippen LogP contribution in [-0.2, 0) is 17.7 Å². The Morgan fingerprint density at radius 2 is 1.93 bits per heavy atom. The molecule has 0 aliphatic carbocycles. The van der Waals surface area contributed by atoms with E-state index in [1.165, 1.54) is 12.1 Å². The summed E-state index contributed by atoms with van der Waals surface area (Å²) in [7, 11) is 1.69. The lowest BCUT2D eigenvalue weighted by Gasteiger charge is -2.18. The molecular formula is C23H22FN3O2. The van der Waals surface area contributed by atoms with E-state index in [0.717, 1.165) is 31.0 Å². The summed E-state index contributed by atoms with van der Waals surface area (Å²) in [4.78, 5) is 20.0. The van der Waals surface area contributed by atoms with Crippen molar-refractivity contribution in [2.45, 2.75) is 13.0 Å². The van der Waals surface area contributed by atoms with Crippen molar-refractivity contribution in [3.05, 3.63) is 75.6 Å². The van der Waals surface area contributed by atoms with E-state index in [1.807, 2.05) is 12.1 Å². The van der Waals surface area contributed by atoms with Crippen molar-refractivity contribution in [2.24, 2.45) is 0 Å². The normalized spacial score (nSPS) is 14.1. The monoisotopic (exact) mass is 391 g/mol. The van der Waals surface area contributed by atoms with E-state index in [9.17, 15) is 9.18 Å². The van der Waals surface area contributed by atoms with E-state index in [0.29, 0.717) is 36.0 Å². The van der Waals surface area contributed by atoms with Crippen molar-refractivity contribution in [2.75, 3.05) is 33.4 Å². The topological polar surface area (TPSA) is 47.4 Å². The first-order valence-corrected chi connectivity index (χ1v) is 9.66. The third-order valence-electron chi connectivity index (χ3n) is 5.11. The minimum absolute atomic E-state index is 0.0109. The van der Waals surface area contributed by atoms with Crippen LogP contribution < -0.4 is 5.56 Å². The molecule has 0 saturated heterocycles. The maximum Gasteiger partial charge on any atom is 0.261 e. The molecule has 1 aromatic heterocycles. The minimum Gasteiger partial charge on any atom is -0.383 e. The number of benzene rings is 2. The first-order valence-electron chi connectivity index (χ1n) is 9.66. The first kappa shape index (κ1) is 19.3. The number of ether oxygens (including phenoxy) is 1. The summed E-state index contributed by atoms with van der Waals surface area (Å²) in [6.45, 7) is 3.80.